The van der Waals surface area contributed by atoms with Gasteiger partial charge >= 0.3 is 0 Å². The maximum Gasteiger partial charge on any atom is 0.239 e. The molecule has 28 heavy (non-hydrogen) atoms. The van der Waals surface area contributed by atoms with Crippen molar-refractivity contribution in [3.05, 3.63) is 59.8 Å². The topological polar surface area (TPSA) is 89.1 Å². The van der Waals surface area contributed by atoms with Gasteiger partial charge in [0.1, 0.15) is 5.76 Å². The van der Waals surface area contributed by atoms with E-state index in [-0.39, 0.29) is 5.91 Å². The molecular weight excluding hydrogens is 356 g/mol. The van der Waals surface area contributed by atoms with Crippen LogP contribution in [0, 0.1) is 13.8 Å². The molecule has 1 aliphatic heterocycles. The molecule has 0 fully saturated rings. The van der Waals surface area contributed by atoms with Gasteiger partial charge in [-0.25, -0.2) is 9.67 Å². The van der Waals surface area contributed by atoms with Gasteiger partial charge in [-0.2, -0.15) is 5.10 Å². The van der Waals surface area contributed by atoms with Crippen molar-refractivity contribution < 1.29 is 9.32 Å². The van der Waals surface area contributed by atoms with E-state index >= 15 is 0 Å². The third kappa shape index (κ3) is 4.01. The normalized spacial score (nSPS) is 14.7. The average molecular weight is 378 g/mol. The van der Waals surface area contributed by atoms with Gasteiger partial charge in [0.05, 0.1) is 12.7 Å². The number of carbonyl (C=O) groups is 1. The molecule has 0 aromatic carbocycles. The summed E-state index contributed by atoms with van der Waals surface area (Å²) in [6.45, 7) is 5.66. The third-order valence-electron chi connectivity index (χ3n) is 4.71. The van der Waals surface area contributed by atoms with Crippen molar-refractivity contribution in [2.24, 2.45) is 0 Å². The smallest absolute Gasteiger partial charge is 0.239 e. The molecule has 8 nitrogen and oxygen atoms in total. The Morgan fingerprint density at radius 2 is 2.25 bits per heavy atom. The van der Waals surface area contributed by atoms with Gasteiger partial charge in [0, 0.05) is 37.1 Å². The van der Waals surface area contributed by atoms with Crippen LogP contribution in [0.3, 0.4) is 0 Å². The molecule has 0 spiro atoms. The van der Waals surface area contributed by atoms with Crippen LogP contribution in [0.25, 0.3) is 11.4 Å². The zero-order chi connectivity index (χ0) is 19.5. The fourth-order valence-electron chi connectivity index (χ4n) is 3.25. The van der Waals surface area contributed by atoms with E-state index in [1.54, 1.807) is 19.2 Å². The molecule has 0 radical (unpaired) electrons. The average Bonchev–Trinajstić information content (AvgIpc) is 3.32. The first-order valence-electron chi connectivity index (χ1n) is 9.20. The number of aromatic nitrogens is 4. The minimum absolute atomic E-state index is 0.0939. The summed E-state index contributed by atoms with van der Waals surface area (Å²) in [6, 6.07) is 5.64. The quantitative estimate of drug-likeness (QED) is 0.734. The maximum absolute atomic E-state index is 12.2. The minimum atomic E-state index is -0.0939. The fraction of sp³-hybridized carbons (Fsp3) is 0.300. The summed E-state index contributed by atoms with van der Waals surface area (Å²) in [6.07, 6.45) is 8.67. The number of nitrogens with zero attached hydrogens (tertiary/aromatic N) is 5. The molecule has 8 heteroatoms. The summed E-state index contributed by atoms with van der Waals surface area (Å²) >= 11 is 0. The van der Waals surface area contributed by atoms with Gasteiger partial charge < -0.3 is 9.84 Å². The summed E-state index contributed by atoms with van der Waals surface area (Å²) in [4.78, 5) is 18.7. The lowest BCUT2D eigenvalue weighted by molar-refractivity contribution is -0.117. The van der Waals surface area contributed by atoms with Gasteiger partial charge in [-0.1, -0.05) is 17.3 Å². The van der Waals surface area contributed by atoms with Gasteiger partial charge in [-0.3, -0.25) is 9.69 Å². The van der Waals surface area contributed by atoms with Crippen LogP contribution in [-0.2, 0) is 4.79 Å². The van der Waals surface area contributed by atoms with Crippen LogP contribution >= 0.6 is 0 Å². The molecule has 3 aromatic rings. The van der Waals surface area contributed by atoms with Crippen LogP contribution in [0.5, 0.6) is 0 Å². The molecule has 3 aromatic heterocycles. The number of carbonyl (C=O) groups excluding carboxylic acids is 1. The number of rotatable bonds is 5. The molecule has 0 bridgehead atoms. The second kappa shape index (κ2) is 7.77. The first-order chi connectivity index (χ1) is 13.6. The van der Waals surface area contributed by atoms with Crippen LogP contribution in [0.15, 0.2) is 47.4 Å². The van der Waals surface area contributed by atoms with Crippen LogP contribution in [0.1, 0.15) is 23.3 Å². The minimum Gasteiger partial charge on any atom is -0.360 e. The lowest BCUT2D eigenvalue weighted by Crippen LogP contribution is -2.36. The van der Waals surface area contributed by atoms with Gasteiger partial charge in [-0.05, 0) is 37.5 Å². The van der Waals surface area contributed by atoms with Gasteiger partial charge in [0.25, 0.3) is 0 Å². The molecule has 1 amide bonds. The number of hydrogen-bond donors (Lipinski definition) is 1. The van der Waals surface area contributed by atoms with Crippen LogP contribution in [0.4, 0.5) is 5.82 Å². The van der Waals surface area contributed by atoms with Crippen LogP contribution in [-0.4, -0.2) is 50.4 Å². The molecular formula is C20H22N6O2. The number of nitrogens with one attached hydrogen (secondary N) is 1. The van der Waals surface area contributed by atoms with Gasteiger partial charge in [0.2, 0.25) is 5.91 Å². The number of hydrogen-bond acceptors (Lipinski definition) is 6. The Hall–Kier alpha value is -3.26. The van der Waals surface area contributed by atoms with Crippen molar-refractivity contribution in [2.75, 3.05) is 25.0 Å². The second-order valence-corrected chi connectivity index (χ2v) is 6.90. The van der Waals surface area contributed by atoms with Crippen molar-refractivity contribution in [1.29, 1.82) is 0 Å². The molecule has 4 heterocycles. The van der Waals surface area contributed by atoms with Crippen LogP contribution in [0.2, 0.25) is 0 Å². The maximum atomic E-state index is 12.2. The molecule has 144 valence electrons. The Balaban J connectivity index is 1.36. The zero-order valence-corrected chi connectivity index (χ0v) is 15.9. The highest BCUT2D eigenvalue weighted by Crippen LogP contribution is 2.23. The van der Waals surface area contributed by atoms with E-state index in [2.05, 4.69) is 31.5 Å². The number of anilines is 1. The molecule has 1 N–H and O–H groups in total. The first kappa shape index (κ1) is 18.1. The summed E-state index contributed by atoms with van der Waals surface area (Å²) in [5, 5.41) is 11.0. The highest BCUT2D eigenvalue weighted by molar-refractivity contribution is 5.91. The highest BCUT2D eigenvalue weighted by Gasteiger charge is 2.17. The van der Waals surface area contributed by atoms with Crippen molar-refractivity contribution >= 4 is 17.3 Å². The number of aryl methyl sites for hydroxylation is 2. The summed E-state index contributed by atoms with van der Waals surface area (Å²) in [5.74, 6) is 1.87. The predicted octanol–water partition coefficient (Wildman–Crippen LogP) is 2.60. The lowest BCUT2D eigenvalue weighted by atomic mass is 10.0. The van der Waals surface area contributed by atoms with Gasteiger partial charge in [0.15, 0.2) is 11.6 Å². The van der Waals surface area contributed by atoms with Crippen molar-refractivity contribution in [3.63, 3.8) is 0 Å². The summed E-state index contributed by atoms with van der Waals surface area (Å²) < 4.78 is 6.77. The van der Waals surface area contributed by atoms with E-state index in [1.165, 1.54) is 5.57 Å². The molecule has 0 aliphatic carbocycles. The van der Waals surface area contributed by atoms with Crippen molar-refractivity contribution in [2.45, 2.75) is 20.3 Å². The van der Waals surface area contributed by atoms with Crippen molar-refractivity contribution in [1.82, 2.24) is 24.8 Å². The largest absolute Gasteiger partial charge is 0.360 e. The Morgan fingerprint density at radius 3 is 2.96 bits per heavy atom. The van der Waals surface area contributed by atoms with Crippen LogP contribution < -0.4 is 5.32 Å². The van der Waals surface area contributed by atoms with Crippen molar-refractivity contribution in [3.8, 4) is 5.82 Å². The standard InChI is InChI=1S/C20H22N6O2/c1-14-4-3-7-21-20(14)26-12-17(11-22-26)16-5-8-25(9-6-16)13-19(27)23-18-10-15(2)28-24-18/h3-5,7,10-12H,6,8-9,13H2,1-2H3,(H,23,24,27). The molecule has 0 saturated carbocycles. The molecule has 0 unspecified atom stereocenters. The SMILES string of the molecule is Cc1cc(NC(=O)CN2CC=C(c3cnn(-c4ncccc4C)c3)CC2)no1. The molecule has 0 atom stereocenters. The third-order valence-corrected chi connectivity index (χ3v) is 4.71. The predicted molar refractivity (Wildman–Crippen MR) is 105 cm³/mol. The number of amides is 1. The highest BCUT2D eigenvalue weighted by atomic mass is 16.5. The molecule has 1 aliphatic rings. The van der Waals surface area contributed by atoms with E-state index in [0.717, 1.165) is 29.9 Å². The Bertz CT molecular complexity index is 1020. The molecule has 4 rings (SSSR count). The Morgan fingerprint density at radius 1 is 1.36 bits per heavy atom. The summed E-state index contributed by atoms with van der Waals surface area (Å²) in [5.41, 5.74) is 3.41. The fourth-order valence-corrected chi connectivity index (χ4v) is 3.25. The lowest BCUT2D eigenvalue weighted by Gasteiger charge is -2.25. The zero-order valence-electron chi connectivity index (χ0n) is 15.9. The first-order valence-corrected chi connectivity index (χ1v) is 9.20. The van der Waals surface area contributed by atoms with E-state index in [4.69, 9.17) is 4.52 Å². The number of pyridine rings is 1. The Kier molecular flexibility index (Phi) is 5.03. The van der Waals surface area contributed by atoms with E-state index < -0.39 is 0 Å². The molecule has 0 saturated heterocycles. The monoisotopic (exact) mass is 378 g/mol. The van der Waals surface area contributed by atoms with E-state index in [1.807, 2.05) is 36.1 Å². The summed E-state index contributed by atoms with van der Waals surface area (Å²) in [7, 11) is 0. The van der Waals surface area contributed by atoms with E-state index in [0.29, 0.717) is 24.7 Å². The van der Waals surface area contributed by atoms with E-state index in [9.17, 15) is 4.79 Å². The van der Waals surface area contributed by atoms with Gasteiger partial charge in [-0.15, -0.1) is 0 Å². The Labute approximate surface area is 162 Å². The second-order valence-electron chi connectivity index (χ2n) is 6.90.